The predicted octanol–water partition coefficient (Wildman–Crippen LogP) is 9.49. The average molecular weight is 469 g/mol. The largest absolute Gasteiger partial charge is 0.354 e. The first-order chi connectivity index (χ1) is 17.3. The van der Waals surface area contributed by atoms with E-state index in [9.17, 15) is 0 Å². The van der Waals surface area contributed by atoms with Gasteiger partial charge in [-0.05, 0) is 52.6 Å². The lowest BCUT2D eigenvalue weighted by molar-refractivity contribution is 1.18. The lowest BCUT2D eigenvalue weighted by atomic mass is 9.98. The molecule has 0 spiro atoms. The van der Waals surface area contributed by atoms with Crippen LogP contribution in [0.2, 0.25) is 5.02 Å². The number of nitrogens with one attached hydrogen (secondary N) is 1. The number of hydrogen-bond acceptors (Lipinski definition) is 1. The predicted molar refractivity (Wildman–Crippen MR) is 151 cm³/mol. The number of nitrogens with zero attached hydrogens (tertiary/aromatic N) is 1. The third kappa shape index (κ3) is 3.11. The molecule has 0 saturated heterocycles. The number of hydrogen-bond donors (Lipinski definition) is 1. The molecule has 6 aromatic carbocycles. The van der Waals surface area contributed by atoms with Crippen molar-refractivity contribution in [2.45, 2.75) is 0 Å². The molecular weight excluding hydrogens is 448 g/mol. The number of halogens is 1. The third-order valence-electron chi connectivity index (χ3n) is 6.82. The summed E-state index contributed by atoms with van der Waals surface area (Å²) in [5.41, 5.74) is 5.43. The van der Waals surface area contributed by atoms with Gasteiger partial charge in [0.25, 0.3) is 0 Å². The highest BCUT2D eigenvalue weighted by atomic mass is 35.5. The summed E-state index contributed by atoms with van der Waals surface area (Å²) in [6, 6.07) is 42.5. The van der Waals surface area contributed by atoms with Gasteiger partial charge in [-0.25, -0.2) is 0 Å². The second-order valence-corrected chi connectivity index (χ2v) is 9.23. The summed E-state index contributed by atoms with van der Waals surface area (Å²) in [5.74, 6) is 0. The Morgan fingerprint density at radius 1 is 0.514 bits per heavy atom. The lowest BCUT2D eigenvalue weighted by Crippen LogP contribution is -1.96. The summed E-state index contributed by atoms with van der Waals surface area (Å²) in [6.45, 7) is 0. The van der Waals surface area contributed by atoms with Crippen molar-refractivity contribution in [1.29, 1.82) is 0 Å². The van der Waals surface area contributed by atoms with Crippen molar-refractivity contribution in [2.75, 3.05) is 5.32 Å². The molecule has 0 aliphatic heterocycles. The molecule has 0 aliphatic rings. The van der Waals surface area contributed by atoms with Crippen LogP contribution in [0.25, 0.3) is 49.0 Å². The molecule has 0 amide bonds. The van der Waals surface area contributed by atoms with E-state index in [1.54, 1.807) is 0 Å². The van der Waals surface area contributed by atoms with Gasteiger partial charge >= 0.3 is 0 Å². The monoisotopic (exact) mass is 468 g/mol. The van der Waals surface area contributed by atoms with Crippen LogP contribution in [0.1, 0.15) is 0 Å². The van der Waals surface area contributed by atoms with E-state index in [4.69, 9.17) is 11.6 Å². The number of aromatic nitrogens is 1. The van der Waals surface area contributed by atoms with Crippen molar-refractivity contribution in [1.82, 2.24) is 4.57 Å². The molecule has 0 radical (unpaired) electrons. The lowest BCUT2D eigenvalue weighted by Gasteiger charge is -2.14. The molecule has 166 valence electrons. The van der Waals surface area contributed by atoms with E-state index in [2.05, 4.69) is 107 Å². The van der Waals surface area contributed by atoms with E-state index < -0.39 is 0 Å². The Labute approximate surface area is 208 Å². The Balaban J connectivity index is 1.68. The number of para-hydroxylation sites is 2. The first kappa shape index (κ1) is 20.1. The minimum Gasteiger partial charge on any atom is -0.354 e. The van der Waals surface area contributed by atoms with Crippen LogP contribution in [-0.2, 0) is 0 Å². The second kappa shape index (κ2) is 7.90. The van der Waals surface area contributed by atoms with Gasteiger partial charge < -0.3 is 9.88 Å². The van der Waals surface area contributed by atoms with Crippen molar-refractivity contribution >= 4 is 66.3 Å². The highest BCUT2D eigenvalue weighted by molar-refractivity contribution is 6.34. The zero-order chi connectivity index (χ0) is 23.4. The maximum atomic E-state index is 6.53. The first-order valence-electron chi connectivity index (χ1n) is 11.7. The summed E-state index contributed by atoms with van der Waals surface area (Å²) >= 11 is 6.53. The van der Waals surface area contributed by atoms with Crippen molar-refractivity contribution in [2.24, 2.45) is 0 Å². The molecule has 7 aromatic rings. The van der Waals surface area contributed by atoms with Crippen molar-refractivity contribution in [3.05, 3.63) is 126 Å². The summed E-state index contributed by atoms with van der Waals surface area (Å²) in [5, 5.41) is 11.8. The summed E-state index contributed by atoms with van der Waals surface area (Å²) in [4.78, 5) is 0. The minimum absolute atomic E-state index is 0.700. The Kier molecular flexibility index (Phi) is 4.54. The highest BCUT2D eigenvalue weighted by Crippen LogP contribution is 2.43. The zero-order valence-electron chi connectivity index (χ0n) is 18.9. The molecule has 1 aromatic heterocycles. The topological polar surface area (TPSA) is 17.0 Å². The quantitative estimate of drug-likeness (QED) is 0.273. The van der Waals surface area contributed by atoms with Crippen LogP contribution in [0.5, 0.6) is 0 Å². The Morgan fingerprint density at radius 3 is 2.00 bits per heavy atom. The van der Waals surface area contributed by atoms with Crippen LogP contribution in [0, 0.1) is 0 Å². The van der Waals surface area contributed by atoms with E-state index in [0.717, 1.165) is 22.6 Å². The van der Waals surface area contributed by atoms with E-state index in [-0.39, 0.29) is 0 Å². The molecule has 1 heterocycles. The molecule has 0 bridgehead atoms. The second-order valence-electron chi connectivity index (χ2n) is 8.82. The zero-order valence-corrected chi connectivity index (χ0v) is 19.6. The van der Waals surface area contributed by atoms with Gasteiger partial charge in [-0.3, -0.25) is 0 Å². The number of anilines is 2. The SMILES string of the molecule is Clc1ccccc1Nc1cc2c(c3ccccc13)c1c3ccccc3ccc1n2-c1ccccc1. The number of rotatable bonds is 3. The number of benzene rings is 6. The average Bonchev–Trinajstić information content (AvgIpc) is 3.25. The van der Waals surface area contributed by atoms with Gasteiger partial charge in [0.1, 0.15) is 0 Å². The maximum Gasteiger partial charge on any atom is 0.0640 e. The molecule has 0 unspecified atom stereocenters. The normalized spacial score (nSPS) is 11.6. The van der Waals surface area contributed by atoms with E-state index in [1.807, 2.05) is 24.3 Å². The third-order valence-corrected chi connectivity index (χ3v) is 7.15. The fourth-order valence-corrected chi connectivity index (χ4v) is 5.49. The first-order valence-corrected chi connectivity index (χ1v) is 12.1. The van der Waals surface area contributed by atoms with E-state index in [0.29, 0.717) is 5.02 Å². The fraction of sp³-hybridized carbons (Fsp3) is 0. The van der Waals surface area contributed by atoms with Crippen molar-refractivity contribution in [3.63, 3.8) is 0 Å². The van der Waals surface area contributed by atoms with Gasteiger partial charge in [-0.15, -0.1) is 0 Å². The molecule has 7 rings (SSSR count). The highest BCUT2D eigenvalue weighted by Gasteiger charge is 2.19. The summed E-state index contributed by atoms with van der Waals surface area (Å²) in [7, 11) is 0. The van der Waals surface area contributed by atoms with Crippen LogP contribution in [0.3, 0.4) is 0 Å². The van der Waals surface area contributed by atoms with Gasteiger partial charge in [0, 0.05) is 27.5 Å². The van der Waals surface area contributed by atoms with Gasteiger partial charge in [0.05, 0.1) is 21.7 Å². The summed E-state index contributed by atoms with van der Waals surface area (Å²) < 4.78 is 2.38. The maximum absolute atomic E-state index is 6.53. The summed E-state index contributed by atoms with van der Waals surface area (Å²) in [6.07, 6.45) is 0. The molecule has 0 aliphatic carbocycles. The van der Waals surface area contributed by atoms with Crippen LogP contribution >= 0.6 is 11.6 Å². The molecule has 35 heavy (non-hydrogen) atoms. The van der Waals surface area contributed by atoms with Gasteiger partial charge in [0.2, 0.25) is 0 Å². The van der Waals surface area contributed by atoms with Crippen molar-refractivity contribution in [3.8, 4) is 5.69 Å². The Bertz CT molecular complexity index is 1880. The van der Waals surface area contributed by atoms with Crippen LogP contribution in [0.4, 0.5) is 11.4 Å². The van der Waals surface area contributed by atoms with Crippen LogP contribution < -0.4 is 5.32 Å². The van der Waals surface area contributed by atoms with Crippen LogP contribution in [0.15, 0.2) is 121 Å². The van der Waals surface area contributed by atoms with Crippen LogP contribution in [-0.4, -0.2) is 4.57 Å². The minimum atomic E-state index is 0.700. The smallest absolute Gasteiger partial charge is 0.0640 e. The fourth-order valence-electron chi connectivity index (χ4n) is 5.30. The number of fused-ring (bicyclic) bond motifs is 7. The molecule has 1 N–H and O–H groups in total. The molecule has 0 fully saturated rings. The Morgan fingerprint density at radius 2 is 1.17 bits per heavy atom. The van der Waals surface area contributed by atoms with Gasteiger partial charge in [-0.2, -0.15) is 0 Å². The van der Waals surface area contributed by atoms with E-state index in [1.165, 1.54) is 37.8 Å². The van der Waals surface area contributed by atoms with Gasteiger partial charge in [0.15, 0.2) is 0 Å². The Hall–Kier alpha value is -4.27. The molecular formula is C32H21ClN2. The molecule has 2 nitrogen and oxygen atoms in total. The molecule has 3 heteroatoms. The molecule has 0 atom stereocenters. The van der Waals surface area contributed by atoms with E-state index >= 15 is 0 Å². The van der Waals surface area contributed by atoms with Crippen molar-refractivity contribution < 1.29 is 0 Å². The molecule has 0 saturated carbocycles. The van der Waals surface area contributed by atoms with Gasteiger partial charge in [-0.1, -0.05) is 96.5 Å². The standard InChI is InChI=1S/C32H21ClN2/c33-26-16-8-9-17-27(26)34-28-20-30-32(25-15-7-6-14-24(25)28)31-23-13-5-4-10-21(23)18-19-29(31)35(30)22-11-2-1-3-12-22/h1-20,34H.